The second kappa shape index (κ2) is 5.97. The molecule has 1 aliphatic carbocycles. The van der Waals surface area contributed by atoms with Crippen molar-refractivity contribution in [1.82, 2.24) is 0 Å². The molecule has 0 saturated heterocycles. The van der Waals surface area contributed by atoms with Crippen LogP contribution in [0.1, 0.15) is 69.6 Å². The van der Waals surface area contributed by atoms with Crippen LogP contribution >= 0.6 is 0 Å². The molecule has 0 radical (unpaired) electrons. The summed E-state index contributed by atoms with van der Waals surface area (Å²) in [5.74, 6) is -8.68. The lowest BCUT2D eigenvalue weighted by Gasteiger charge is -2.40. The molecule has 0 spiro atoms. The number of benzene rings is 2. The van der Waals surface area contributed by atoms with Crippen LogP contribution in [0.5, 0.6) is 0 Å². The van der Waals surface area contributed by atoms with Gasteiger partial charge in [-0.1, -0.05) is 0 Å². The summed E-state index contributed by atoms with van der Waals surface area (Å²) in [7, 11) is 0. The van der Waals surface area contributed by atoms with E-state index >= 15 is 4.39 Å². The molecule has 33 heavy (non-hydrogen) atoms. The molecule has 0 amide bonds. The quantitative estimate of drug-likeness (QED) is 0.325. The van der Waals surface area contributed by atoms with Gasteiger partial charge < -0.3 is 9.47 Å². The van der Waals surface area contributed by atoms with Crippen molar-refractivity contribution in [1.29, 1.82) is 0 Å². The first-order chi connectivity index (χ1) is 15.2. The van der Waals surface area contributed by atoms with E-state index in [1.54, 1.807) is 0 Å². The third-order valence-corrected chi connectivity index (χ3v) is 5.71. The Hall–Kier alpha value is -3.77. The van der Waals surface area contributed by atoms with Crippen LogP contribution in [-0.2, 0) is 15.1 Å². The number of hydrogen-bond donors (Lipinski definition) is 0. The largest absolute Gasteiger partial charge is 0.431 e. The maximum atomic E-state index is 16.0. The maximum absolute atomic E-state index is 16.0. The van der Waals surface area contributed by atoms with Crippen molar-refractivity contribution in [2.24, 2.45) is 0 Å². The van der Waals surface area contributed by atoms with Gasteiger partial charge in [0, 0.05) is 11.1 Å². The number of esters is 4. The van der Waals surface area contributed by atoms with Gasteiger partial charge in [0.25, 0.3) is 5.67 Å². The zero-order valence-corrected chi connectivity index (χ0v) is 15.5. The molecule has 0 fully saturated rings. The van der Waals surface area contributed by atoms with E-state index in [4.69, 9.17) is 0 Å². The van der Waals surface area contributed by atoms with Gasteiger partial charge in [0.15, 0.2) is 0 Å². The van der Waals surface area contributed by atoms with Crippen molar-refractivity contribution >= 4 is 23.9 Å². The first kappa shape index (κ1) is 21.1. The minimum Gasteiger partial charge on any atom is -0.386 e. The number of rotatable bonds is 0. The molecule has 0 N–H and O–H groups in total. The first-order valence-corrected chi connectivity index (χ1v) is 8.88. The molecule has 6 nitrogen and oxygen atoms in total. The van der Waals surface area contributed by atoms with Crippen LogP contribution in [0.4, 0.5) is 30.7 Å². The Labute approximate surface area is 176 Å². The molecule has 2 heterocycles. The van der Waals surface area contributed by atoms with Crippen molar-refractivity contribution < 1.29 is 59.4 Å². The molecular formula is C20H5F7O6. The van der Waals surface area contributed by atoms with Crippen LogP contribution in [-0.4, -0.2) is 36.2 Å². The smallest absolute Gasteiger partial charge is 0.386 e. The zero-order valence-electron chi connectivity index (χ0n) is 15.5. The van der Waals surface area contributed by atoms with E-state index in [1.165, 1.54) is 0 Å². The standard InChI is InChI=1S/C20H5F7O6/c21-18(20(25,26)27)11-3-7-5(14(28)32-16(7)30)1-9(11)13(19(22,23)24)10-2-6-8(4-12(10)18)17(31)33-15(6)29/h1-4,13H. The lowest BCUT2D eigenvalue weighted by Crippen LogP contribution is -2.46. The van der Waals surface area contributed by atoms with Gasteiger partial charge in [-0.05, 0) is 35.4 Å². The highest BCUT2D eigenvalue weighted by Crippen LogP contribution is 2.59. The molecule has 170 valence electrons. The molecule has 0 bridgehead atoms. The van der Waals surface area contributed by atoms with E-state index in [-0.39, 0.29) is 12.1 Å². The van der Waals surface area contributed by atoms with Crippen LogP contribution in [0, 0.1) is 0 Å². The number of fused-ring (bicyclic) bond motifs is 4. The van der Waals surface area contributed by atoms with E-state index in [0.717, 1.165) is 0 Å². The Morgan fingerprint density at radius 3 is 1.27 bits per heavy atom. The molecule has 2 aliphatic heterocycles. The summed E-state index contributed by atoms with van der Waals surface area (Å²) in [5, 5.41) is 0. The SMILES string of the molecule is O=C1OC(=O)c2cc3c(cc21)C(C(F)(F)F)c1cc2c(cc1C3(F)C(F)(F)F)C(=O)OC2=O. The summed E-state index contributed by atoms with van der Waals surface area (Å²) in [6.45, 7) is 0. The number of carbonyl (C=O) groups excluding carboxylic acids is 4. The molecule has 5 rings (SSSR count). The van der Waals surface area contributed by atoms with Crippen molar-refractivity contribution in [2.75, 3.05) is 0 Å². The number of alkyl halides is 7. The maximum Gasteiger partial charge on any atom is 0.431 e. The summed E-state index contributed by atoms with van der Waals surface area (Å²) in [6.07, 6.45) is -11.2. The van der Waals surface area contributed by atoms with Gasteiger partial charge >= 0.3 is 36.2 Å². The van der Waals surface area contributed by atoms with Crippen LogP contribution in [0.3, 0.4) is 0 Å². The molecule has 0 saturated carbocycles. The Morgan fingerprint density at radius 1 is 0.636 bits per heavy atom. The number of ether oxygens (including phenoxy) is 2. The van der Waals surface area contributed by atoms with E-state index in [9.17, 15) is 45.5 Å². The van der Waals surface area contributed by atoms with Gasteiger partial charge in [0.05, 0.1) is 22.3 Å². The topological polar surface area (TPSA) is 86.7 Å². The highest BCUT2D eigenvalue weighted by atomic mass is 19.4. The lowest BCUT2D eigenvalue weighted by atomic mass is 9.68. The highest BCUT2D eigenvalue weighted by Gasteiger charge is 2.65. The highest BCUT2D eigenvalue weighted by molar-refractivity contribution is 6.16. The molecule has 3 aliphatic rings. The van der Waals surface area contributed by atoms with Crippen molar-refractivity contribution in [3.63, 3.8) is 0 Å². The van der Waals surface area contributed by atoms with Gasteiger partial charge in [-0.15, -0.1) is 0 Å². The minimum absolute atomic E-state index is 0.198. The predicted octanol–water partition coefficient (Wildman–Crippen LogP) is 4.09. The Morgan fingerprint density at radius 2 is 0.970 bits per heavy atom. The van der Waals surface area contributed by atoms with E-state index in [0.29, 0.717) is 12.1 Å². The average Bonchev–Trinajstić information content (AvgIpc) is 3.12. The fourth-order valence-corrected chi connectivity index (χ4v) is 4.34. The first-order valence-electron chi connectivity index (χ1n) is 8.88. The number of carbonyl (C=O) groups is 4. The van der Waals surface area contributed by atoms with Gasteiger partial charge in [-0.25, -0.2) is 23.6 Å². The van der Waals surface area contributed by atoms with E-state index in [1.807, 2.05) is 0 Å². The molecule has 0 atom stereocenters. The Balaban J connectivity index is 1.95. The van der Waals surface area contributed by atoms with Gasteiger partial charge in [0.2, 0.25) is 0 Å². The summed E-state index contributed by atoms with van der Waals surface area (Å²) in [4.78, 5) is 47.3. The average molecular weight is 474 g/mol. The van der Waals surface area contributed by atoms with Crippen LogP contribution in [0.15, 0.2) is 24.3 Å². The number of hydrogen-bond acceptors (Lipinski definition) is 6. The molecule has 0 aromatic heterocycles. The number of halogens is 7. The predicted molar refractivity (Wildman–Crippen MR) is 88.2 cm³/mol. The monoisotopic (exact) mass is 474 g/mol. The molecule has 13 heteroatoms. The lowest BCUT2D eigenvalue weighted by molar-refractivity contribution is -0.222. The van der Waals surface area contributed by atoms with Crippen molar-refractivity contribution in [3.8, 4) is 0 Å². The molecular weight excluding hydrogens is 469 g/mol. The van der Waals surface area contributed by atoms with E-state index < -0.39 is 92.3 Å². The van der Waals surface area contributed by atoms with Gasteiger partial charge in [0.1, 0.15) is 5.92 Å². The second-order valence-corrected chi connectivity index (χ2v) is 7.45. The third-order valence-electron chi connectivity index (χ3n) is 5.71. The normalized spacial score (nSPS) is 23.5. The van der Waals surface area contributed by atoms with Gasteiger partial charge in [-0.2, -0.15) is 26.3 Å². The van der Waals surface area contributed by atoms with Crippen LogP contribution in [0.25, 0.3) is 0 Å². The van der Waals surface area contributed by atoms with E-state index in [2.05, 4.69) is 9.47 Å². The third kappa shape index (κ3) is 2.55. The summed E-state index contributed by atoms with van der Waals surface area (Å²) in [6, 6.07) is 1.05. The van der Waals surface area contributed by atoms with Crippen LogP contribution in [0.2, 0.25) is 0 Å². The molecule has 2 aromatic carbocycles. The summed E-state index contributed by atoms with van der Waals surface area (Å²) >= 11 is 0. The Bertz CT molecular complexity index is 1250. The second-order valence-electron chi connectivity index (χ2n) is 7.45. The minimum atomic E-state index is -5.88. The molecule has 2 aromatic rings. The molecule has 0 unspecified atom stereocenters. The fourth-order valence-electron chi connectivity index (χ4n) is 4.34. The number of cyclic esters (lactones) is 4. The zero-order chi connectivity index (χ0) is 24.2. The van der Waals surface area contributed by atoms with Gasteiger partial charge in [-0.3, -0.25) is 0 Å². The Kier molecular flexibility index (Phi) is 3.81. The van der Waals surface area contributed by atoms with Crippen molar-refractivity contribution in [2.45, 2.75) is 23.9 Å². The summed E-state index contributed by atoms with van der Waals surface area (Å²) in [5.41, 5.74) is -13.6. The fraction of sp³-hybridized carbons (Fsp3) is 0.200. The summed E-state index contributed by atoms with van der Waals surface area (Å²) < 4.78 is 109. The van der Waals surface area contributed by atoms with Crippen LogP contribution < -0.4 is 0 Å². The van der Waals surface area contributed by atoms with Crippen molar-refractivity contribution in [3.05, 3.63) is 68.8 Å².